The summed E-state index contributed by atoms with van der Waals surface area (Å²) in [7, 11) is 0. The number of ether oxygens (including phenoxy) is 1. The number of anilines is 6. The van der Waals surface area contributed by atoms with E-state index in [1.165, 1.54) is 92.9 Å². The Labute approximate surface area is 416 Å². The van der Waals surface area contributed by atoms with Crippen LogP contribution in [-0.4, -0.2) is 6.71 Å². The summed E-state index contributed by atoms with van der Waals surface area (Å²) in [4.78, 5) is 5.11. The summed E-state index contributed by atoms with van der Waals surface area (Å²) < 4.78 is 9.85. The van der Waals surface area contributed by atoms with Crippen LogP contribution in [0.25, 0.3) is 21.2 Å². The largest absolute Gasteiger partial charge is 0.457 e. The number of rotatable bonds is 4. The lowest BCUT2D eigenvalue weighted by Crippen LogP contribution is -2.58. The molecule has 0 saturated heterocycles. The lowest BCUT2D eigenvalue weighted by atomic mass is 9.36. The summed E-state index contributed by atoms with van der Waals surface area (Å²) in [5.74, 6) is 1.97. The summed E-state index contributed by atoms with van der Waals surface area (Å²) in [6.07, 6.45) is 0. The summed E-state index contributed by atoms with van der Waals surface area (Å²) in [5.41, 5.74) is 21.0. The first kappa shape index (κ1) is 45.4. The van der Waals surface area contributed by atoms with Gasteiger partial charge in [-0.15, -0.1) is 11.3 Å². The highest BCUT2D eigenvalue weighted by Gasteiger charge is 2.46. The quantitative estimate of drug-likeness (QED) is 0.164. The predicted octanol–water partition coefficient (Wildman–Crippen LogP) is 16.6. The molecule has 7 aromatic carbocycles. The monoisotopic (exact) mass is 923 g/mol. The highest BCUT2D eigenvalue weighted by atomic mass is 32.1. The smallest absolute Gasteiger partial charge is 0.268 e. The van der Waals surface area contributed by atoms with Gasteiger partial charge in [0.2, 0.25) is 0 Å². The Morgan fingerprint density at radius 1 is 0.565 bits per heavy atom. The van der Waals surface area contributed by atoms with E-state index < -0.39 is 0 Å². The van der Waals surface area contributed by atoms with Gasteiger partial charge in [0, 0.05) is 54.3 Å². The van der Waals surface area contributed by atoms with Crippen LogP contribution in [0.3, 0.4) is 0 Å². The molecule has 0 bridgehead atoms. The van der Waals surface area contributed by atoms with Crippen molar-refractivity contribution in [1.29, 1.82) is 0 Å². The Kier molecular flexibility index (Phi) is 10.0. The van der Waals surface area contributed by atoms with Gasteiger partial charge in [-0.3, -0.25) is 0 Å². The molecule has 1 aliphatic carbocycles. The molecule has 8 aromatic rings. The number of benzene rings is 7. The first-order valence-corrected chi connectivity index (χ1v) is 25.8. The molecule has 3 nitrogen and oxygen atoms in total. The van der Waals surface area contributed by atoms with Crippen molar-refractivity contribution in [2.45, 2.75) is 131 Å². The van der Waals surface area contributed by atoms with Gasteiger partial charge in [-0.05, 0) is 151 Å². The van der Waals surface area contributed by atoms with Crippen molar-refractivity contribution in [1.82, 2.24) is 0 Å². The number of hydrogen-bond donors (Lipinski definition) is 0. The fraction of sp³-hybridized carbons (Fsp3) is 0.312. The minimum atomic E-state index is -0.265. The third kappa shape index (κ3) is 7.28. The molecule has 0 unspecified atom stereocenters. The van der Waals surface area contributed by atoms with Gasteiger partial charge in [0.05, 0.1) is 5.69 Å². The van der Waals surface area contributed by atoms with E-state index in [2.05, 4.69) is 247 Å². The fourth-order valence-corrected chi connectivity index (χ4v) is 12.5. The zero-order chi connectivity index (χ0) is 48.9. The predicted molar refractivity (Wildman–Crippen MR) is 299 cm³/mol. The van der Waals surface area contributed by atoms with Crippen molar-refractivity contribution in [3.8, 4) is 22.6 Å². The maximum Gasteiger partial charge on any atom is 0.268 e. The molecule has 0 fully saturated rings. The van der Waals surface area contributed by atoms with Crippen LogP contribution in [0.2, 0.25) is 0 Å². The van der Waals surface area contributed by atoms with E-state index in [0.29, 0.717) is 0 Å². The van der Waals surface area contributed by atoms with Gasteiger partial charge in [0.15, 0.2) is 0 Å². The molecule has 3 heterocycles. The van der Waals surface area contributed by atoms with Gasteiger partial charge in [0.1, 0.15) is 11.5 Å². The van der Waals surface area contributed by atoms with Crippen LogP contribution in [0.15, 0.2) is 133 Å². The van der Waals surface area contributed by atoms with Crippen molar-refractivity contribution in [3.63, 3.8) is 0 Å². The standard InChI is InChI=1S/C64H67BN2OS/c1-38-32-53-57-54(33-38)68-58-47-34-41(62(8,9)10)25-31-55(47)69-59(58)65(57)50-35-42(63(11,12)13)24-30-51(50)67(53)45-36-49-56(46-18-16-17-19-48(46)64(49,14)15)52(37-45)66(43-26-20-39(21-27-43)60(2,3)4)44-28-22-40(23-29-44)61(5,6)7/h16-37H,1-15H3. The van der Waals surface area contributed by atoms with E-state index in [-0.39, 0.29) is 33.8 Å². The van der Waals surface area contributed by atoms with E-state index >= 15 is 0 Å². The second kappa shape index (κ2) is 15.2. The summed E-state index contributed by atoms with van der Waals surface area (Å²) in [6, 6.07) is 51.8. The van der Waals surface area contributed by atoms with Gasteiger partial charge in [-0.25, -0.2) is 0 Å². The molecule has 3 aliphatic rings. The minimum absolute atomic E-state index is 0.0112. The van der Waals surface area contributed by atoms with Gasteiger partial charge >= 0.3 is 0 Å². The highest BCUT2D eigenvalue weighted by Crippen LogP contribution is 2.57. The first-order chi connectivity index (χ1) is 32.4. The van der Waals surface area contributed by atoms with E-state index in [4.69, 9.17) is 4.74 Å². The van der Waals surface area contributed by atoms with Crippen molar-refractivity contribution < 1.29 is 4.74 Å². The van der Waals surface area contributed by atoms with Crippen molar-refractivity contribution in [2.24, 2.45) is 0 Å². The fourth-order valence-electron chi connectivity index (χ4n) is 11.3. The van der Waals surface area contributed by atoms with Gasteiger partial charge in [0.25, 0.3) is 6.71 Å². The first-order valence-electron chi connectivity index (χ1n) is 25.0. The Morgan fingerprint density at radius 2 is 1.13 bits per heavy atom. The summed E-state index contributed by atoms with van der Waals surface area (Å²) >= 11 is 1.90. The topological polar surface area (TPSA) is 15.7 Å². The van der Waals surface area contributed by atoms with Crippen LogP contribution in [0, 0.1) is 6.92 Å². The zero-order valence-corrected chi connectivity index (χ0v) is 44.3. The second-order valence-corrected chi connectivity index (χ2v) is 25.9. The summed E-state index contributed by atoms with van der Waals surface area (Å²) in [5, 5.41) is 1.21. The maximum atomic E-state index is 7.29. The third-order valence-corrected chi connectivity index (χ3v) is 16.6. The third-order valence-electron chi connectivity index (χ3n) is 15.4. The van der Waals surface area contributed by atoms with E-state index in [0.717, 1.165) is 28.6 Å². The molecular weight excluding hydrogens is 856 g/mol. The van der Waals surface area contributed by atoms with Crippen molar-refractivity contribution in [2.75, 3.05) is 9.80 Å². The average Bonchev–Trinajstić information content (AvgIpc) is 3.76. The lowest BCUT2D eigenvalue weighted by molar-refractivity contribution is 0.494. The number of thiophene rings is 1. The minimum Gasteiger partial charge on any atom is -0.457 e. The lowest BCUT2D eigenvalue weighted by Gasteiger charge is -2.41. The van der Waals surface area contributed by atoms with Crippen LogP contribution >= 0.6 is 11.3 Å². The molecule has 1 aromatic heterocycles. The molecule has 0 radical (unpaired) electrons. The SMILES string of the molecule is Cc1cc2c3c(c1)N(c1cc(N(c4ccc(C(C)(C)C)cc4)c4ccc(C(C)(C)C)cc4)c4c(c1)C(C)(C)c1ccccc1-4)c1ccc(C(C)(C)C)cc1B3c1sc3ccc(C(C)(C)C)cc3c1O2. The number of hydrogen-bond acceptors (Lipinski definition) is 4. The Morgan fingerprint density at radius 3 is 1.74 bits per heavy atom. The normalized spacial score (nSPS) is 14.8. The average molecular weight is 923 g/mol. The van der Waals surface area contributed by atoms with E-state index in [1.807, 2.05) is 11.3 Å². The molecule has 69 heavy (non-hydrogen) atoms. The van der Waals surface area contributed by atoms with E-state index in [1.54, 1.807) is 0 Å². The Balaban J connectivity index is 1.21. The molecule has 0 spiro atoms. The number of nitrogens with zero attached hydrogens (tertiary/aromatic N) is 2. The molecule has 0 N–H and O–H groups in total. The maximum absolute atomic E-state index is 7.29. The Bertz CT molecular complexity index is 3320. The molecular formula is C64H67BN2OS. The van der Waals surface area contributed by atoms with Crippen LogP contribution < -0.4 is 30.2 Å². The molecule has 11 rings (SSSR count). The van der Waals surface area contributed by atoms with Crippen molar-refractivity contribution >= 4 is 78.0 Å². The van der Waals surface area contributed by atoms with Gasteiger partial charge < -0.3 is 14.5 Å². The molecule has 348 valence electrons. The molecule has 0 amide bonds. The number of fused-ring (bicyclic) bond motifs is 9. The van der Waals surface area contributed by atoms with Gasteiger partial charge in [-0.2, -0.15) is 0 Å². The molecule has 5 heteroatoms. The molecule has 0 saturated carbocycles. The van der Waals surface area contributed by atoms with Crippen molar-refractivity contribution in [3.05, 3.63) is 172 Å². The molecule has 0 atom stereocenters. The van der Waals surface area contributed by atoms with Crippen LogP contribution in [0.1, 0.15) is 136 Å². The number of aryl methyl sites for hydroxylation is 1. The van der Waals surface area contributed by atoms with Crippen LogP contribution in [-0.2, 0) is 27.1 Å². The Hall–Kier alpha value is -6.04. The zero-order valence-electron chi connectivity index (χ0n) is 43.5. The van der Waals surface area contributed by atoms with E-state index in [9.17, 15) is 0 Å². The van der Waals surface area contributed by atoms with Gasteiger partial charge in [-0.1, -0.05) is 164 Å². The highest BCUT2D eigenvalue weighted by molar-refractivity contribution is 7.33. The molecule has 2 aliphatic heterocycles. The van der Waals surface area contributed by atoms with Crippen LogP contribution in [0.4, 0.5) is 34.1 Å². The van der Waals surface area contributed by atoms with Crippen LogP contribution in [0.5, 0.6) is 11.5 Å². The second-order valence-electron chi connectivity index (χ2n) is 24.8. The summed E-state index contributed by atoms with van der Waals surface area (Å²) in [6.45, 7) is 34.8.